The fraction of sp³-hybridized carbons (Fsp3) is 0.412. The molecule has 0 saturated heterocycles. The van der Waals surface area contributed by atoms with Crippen LogP contribution in [0.25, 0.3) is 0 Å². The number of aryl methyl sites for hydroxylation is 1. The van der Waals surface area contributed by atoms with Gasteiger partial charge in [-0.25, -0.2) is 0 Å². The van der Waals surface area contributed by atoms with E-state index < -0.39 is 0 Å². The predicted molar refractivity (Wildman–Crippen MR) is 161 cm³/mol. The minimum absolute atomic E-state index is 0.0640. The van der Waals surface area contributed by atoms with Crippen LogP contribution < -0.4 is 10.6 Å². The van der Waals surface area contributed by atoms with Gasteiger partial charge in [0.2, 0.25) is 0 Å². The molecule has 0 aliphatic carbocycles. The van der Waals surface area contributed by atoms with E-state index in [1.807, 2.05) is 30.3 Å². The Balaban J connectivity index is 0.000000488. The van der Waals surface area contributed by atoms with Crippen LogP contribution in [0.3, 0.4) is 0 Å². The maximum absolute atomic E-state index is 4.31. The van der Waals surface area contributed by atoms with Crippen molar-refractivity contribution in [1.82, 2.24) is 10.6 Å². The Morgan fingerprint density at radius 2 is 1.39 bits per heavy atom. The molecule has 0 aromatic heterocycles. The first kappa shape index (κ1) is 31.0. The molecule has 196 valence electrons. The first-order valence-electron chi connectivity index (χ1n) is 13.4. The minimum atomic E-state index is 0.0640. The largest absolute Gasteiger partial charge is 0.381 e. The van der Waals surface area contributed by atoms with Crippen LogP contribution in [0, 0.1) is 11.8 Å². The molecule has 0 radical (unpaired) electrons. The van der Waals surface area contributed by atoms with Gasteiger partial charge in [0, 0.05) is 11.4 Å². The van der Waals surface area contributed by atoms with E-state index in [0.29, 0.717) is 11.8 Å². The van der Waals surface area contributed by atoms with Gasteiger partial charge in [-0.3, -0.25) is 0 Å². The van der Waals surface area contributed by atoms with Gasteiger partial charge in [-0.2, -0.15) is 0 Å². The molecular weight excluding hydrogens is 436 g/mol. The lowest BCUT2D eigenvalue weighted by Gasteiger charge is -2.28. The Morgan fingerprint density at radius 1 is 0.806 bits per heavy atom. The van der Waals surface area contributed by atoms with E-state index in [0.717, 1.165) is 43.5 Å². The molecule has 36 heavy (non-hydrogen) atoms. The lowest BCUT2D eigenvalue weighted by atomic mass is 9.99. The maximum Gasteiger partial charge on any atom is 0.0692 e. The Hall–Kier alpha value is -3.00. The molecule has 0 amide bonds. The van der Waals surface area contributed by atoms with E-state index in [1.54, 1.807) is 0 Å². The zero-order chi connectivity index (χ0) is 26.9. The summed E-state index contributed by atoms with van der Waals surface area (Å²) in [7, 11) is 0. The highest BCUT2D eigenvalue weighted by Gasteiger charge is 2.18. The summed E-state index contributed by atoms with van der Waals surface area (Å²) in [4.78, 5) is 0. The van der Waals surface area contributed by atoms with Gasteiger partial charge < -0.3 is 10.6 Å². The van der Waals surface area contributed by atoms with Crippen molar-refractivity contribution in [2.45, 2.75) is 78.8 Å². The monoisotopic (exact) mass is 486 g/mol. The SMILES string of the molecule is C=C(C)CCc1ccccc1.C=CC(NC(=C)[C@H](CC(C)C)NC(=C)CCC(C)C)c1ccccc1. The second-order valence-electron chi connectivity index (χ2n) is 10.6. The third-order valence-electron chi connectivity index (χ3n) is 5.95. The first-order chi connectivity index (χ1) is 17.1. The highest BCUT2D eigenvalue weighted by Crippen LogP contribution is 2.19. The van der Waals surface area contributed by atoms with E-state index in [4.69, 9.17) is 0 Å². The summed E-state index contributed by atoms with van der Waals surface area (Å²) < 4.78 is 0. The number of rotatable bonds is 15. The van der Waals surface area contributed by atoms with Gasteiger partial charge in [-0.05, 0) is 62.0 Å². The van der Waals surface area contributed by atoms with Gasteiger partial charge in [-0.1, -0.05) is 113 Å². The predicted octanol–water partition coefficient (Wildman–Crippen LogP) is 9.17. The maximum atomic E-state index is 4.31. The third-order valence-corrected chi connectivity index (χ3v) is 5.95. The van der Waals surface area contributed by atoms with Crippen molar-refractivity contribution in [3.8, 4) is 0 Å². The molecule has 2 aromatic rings. The molecule has 2 aromatic carbocycles. The second-order valence-corrected chi connectivity index (χ2v) is 10.6. The van der Waals surface area contributed by atoms with Gasteiger partial charge in [-0.15, -0.1) is 13.2 Å². The summed E-state index contributed by atoms with van der Waals surface area (Å²) in [5.41, 5.74) is 5.94. The van der Waals surface area contributed by atoms with Crippen molar-refractivity contribution < 1.29 is 0 Å². The summed E-state index contributed by atoms with van der Waals surface area (Å²) in [6.45, 7) is 27.4. The van der Waals surface area contributed by atoms with Gasteiger partial charge in [0.25, 0.3) is 0 Å². The molecule has 2 atom stereocenters. The van der Waals surface area contributed by atoms with Crippen LogP contribution in [0.5, 0.6) is 0 Å². The normalized spacial score (nSPS) is 12.2. The van der Waals surface area contributed by atoms with Crippen molar-refractivity contribution in [3.05, 3.63) is 121 Å². The number of hydrogen-bond donors (Lipinski definition) is 2. The number of nitrogens with one attached hydrogen (secondary N) is 2. The lowest BCUT2D eigenvalue weighted by molar-refractivity contribution is 0.451. The third kappa shape index (κ3) is 13.8. The second kappa shape index (κ2) is 17.4. The number of hydrogen-bond acceptors (Lipinski definition) is 2. The van der Waals surface area contributed by atoms with E-state index in [2.05, 4.69) is 108 Å². The molecule has 0 bridgehead atoms. The Bertz CT molecular complexity index is 909. The van der Waals surface area contributed by atoms with Crippen LogP contribution >= 0.6 is 0 Å². The first-order valence-corrected chi connectivity index (χ1v) is 13.4. The molecule has 0 fully saturated rings. The van der Waals surface area contributed by atoms with Crippen LogP contribution in [0.15, 0.2) is 110 Å². The molecule has 0 spiro atoms. The summed E-state index contributed by atoms with van der Waals surface area (Å²) in [6.07, 6.45) is 7.33. The average molecular weight is 487 g/mol. The van der Waals surface area contributed by atoms with Crippen molar-refractivity contribution in [3.63, 3.8) is 0 Å². The summed E-state index contributed by atoms with van der Waals surface area (Å²) >= 11 is 0. The zero-order valence-corrected chi connectivity index (χ0v) is 23.5. The van der Waals surface area contributed by atoms with E-state index in [1.165, 1.54) is 16.7 Å². The lowest BCUT2D eigenvalue weighted by Crippen LogP contribution is -2.37. The highest BCUT2D eigenvalue weighted by atomic mass is 15.0. The quantitative estimate of drug-likeness (QED) is 0.245. The van der Waals surface area contributed by atoms with Crippen LogP contribution in [0.1, 0.15) is 77.5 Å². The molecule has 0 aliphatic rings. The summed E-state index contributed by atoms with van der Waals surface area (Å²) in [5, 5.41) is 7.14. The molecule has 0 aliphatic heterocycles. The van der Waals surface area contributed by atoms with Crippen molar-refractivity contribution in [2.24, 2.45) is 11.8 Å². The number of allylic oxidation sites excluding steroid dienone is 2. The minimum Gasteiger partial charge on any atom is -0.381 e. The molecule has 2 heteroatoms. The van der Waals surface area contributed by atoms with Crippen molar-refractivity contribution in [1.29, 1.82) is 0 Å². The topological polar surface area (TPSA) is 24.1 Å². The van der Waals surface area contributed by atoms with Crippen molar-refractivity contribution >= 4 is 0 Å². The zero-order valence-electron chi connectivity index (χ0n) is 23.5. The molecular formula is C34H50N2. The smallest absolute Gasteiger partial charge is 0.0692 e. The highest BCUT2D eigenvalue weighted by molar-refractivity contribution is 5.25. The Kier molecular flexibility index (Phi) is 15.0. The number of benzene rings is 2. The summed E-state index contributed by atoms with van der Waals surface area (Å²) in [5.74, 6) is 1.26. The van der Waals surface area contributed by atoms with Crippen LogP contribution in [0.2, 0.25) is 0 Å². The van der Waals surface area contributed by atoms with Crippen LogP contribution in [-0.2, 0) is 6.42 Å². The van der Waals surface area contributed by atoms with Gasteiger partial charge >= 0.3 is 0 Å². The molecule has 2 N–H and O–H groups in total. The standard InChI is InChI=1S/C23H36N2.C11H14/c1-8-22(21-12-10-9-11-13-21)25-20(7)23(16-18(4)5)24-19(6)15-14-17(2)3;1-10(2)8-9-11-6-4-3-5-7-11/h8-13,17-18,22-25H,1,6-7,14-16H2,2-5H3;3-7H,1,8-9H2,2H3/t22?,23-;/m0./s1. The molecule has 0 heterocycles. The van der Waals surface area contributed by atoms with Crippen molar-refractivity contribution in [2.75, 3.05) is 0 Å². The Morgan fingerprint density at radius 3 is 1.89 bits per heavy atom. The summed E-state index contributed by atoms with van der Waals surface area (Å²) in [6, 6.07) is 21.1. The van der Waals surface area contributed by atoms with Crippen LogP contribution in [-0.4, -0.2) is 6.04 Å². The fourth-order valence-corrected chi connectivity index (χ4v) is 3.78. The molecule has 0 saturated carbocycles. The van der Waals surface area contributed by atoms with E-state index in [-0.39, 0.29) is 12.1 Å². The molecule has 2 nitrogen and oxygen atoms in total. The fourth-order valence-electron chi connectivity index (χ4n) is 3.78. The Labute approximate surface area is 222 Å². The van der Waals surface area contributed by atoms with Crippen LogP contribution in [0.4, 0.5) is 0 Å². The van der Waals surface area contributed by atoms with Gasteiger partial charge in [0.1, 0.15) is 0 Å². The molecule has 1 unspecified atom stereocenters. The van der Waals surface area contributed by atoms with Gasteiger partial charge in [0.05, 0.1) is 12.1 Å². The molecule has 2 rings (SSSR count). The average Bonchev–Trinajstić information content (AvgIpc) is 2.85. The van der Waals surface area contributed by atoms with E-state index in [9.17, 15) is 0 Å². The van der Waals surface area contributed by atoms with E-state index >= 15 is 0 Å². The van der Waals surface area contributed by atoms with Gasteiger partial charge in [0.15, 0.2) is 0 Å².